The van der Waals surface area contributed by atoms with Crippen molar-refractivity contribution in [1.82, 2.24) is 19.9 Å². The van der Waals surface area contributed by atoms with Gasteiger partial charge in [-0.1, -0.05) is 16.8 Å². The van der Waals surface area contributed by atoms with Gasteiger partial charge in [-0.3, -0.25) is 0 Å². The second kappa shape index (κ2) is 8.85. The zero-order chi connectivity index (χ0) is 21.1. The lowest BCUT2D eigenvalue weighted by Gasteiger charge is -2.15. The molecule has 30 heavy (non-hydrogen) atoms. The van der Waals surface area contributed by atoms with Crippen LogP contribution in [0.1, 0.15) is 24.8 Å². The maximum atomic E-state index is 13.4. The van der Waals surface area contributed by atoms with Crippen LogP contribution in [-0.2, 0) is 0 Å². The molecule has 3 aromatic rings. The summed E-state index contributed by atoms with van der Waals surface area (Å²) in [7, 11) is 2.16. The molecule has 0 amide bonds. The third-order valence-electron chi connectivity index (χ3n) is 5.08. The third-order valence-corrected chi connectivity index (χ3v) is 5.37. The summed E-state index contributed by atoms with van der Waals surface area (Å²) in [6, 6.07) is 6.60. The fourth-order valence-electron chi connectivity index (χ4n) is 3.28. The van der Waals surface area contributed by atoms with E-state index in [4.69, 9.17) is 11.6 Å². The molecule has 4 rings (SSSR count). The Morgan fingerprint density at radius 1 is 1.40 bits per heavy atom. The molecule has 1 aliphatic carbocycles. The van der Waals surface area contributed by atoms with E-state index in [2.05, 4.69) is 42.7 Å². The number of imidazole rings is 1. The first-order valence-corrected chi connectivity index (χ1v) is 10.2. The quantitative estimate of drug-likeness (QED) is 0.142. The number of nitrogens with one attached hydrogen (secondary N) is 3. The van der Waals surface area contributed by atoms with E-state index in [0.29, 0.717) is 28.4 Å². The molecule has 0 saturated heterocycles. The average Bonchev–Trinajstić information content (AvgIpc) is 3.51. The molecular weight excluding hydrogens is 409 g/mol. The first kappa shape index (κ1) is 20.4. The molecular formula is C20H23ClFN7O. The highest BCUT2D eigenvalue weighted by atomic mass is 35.5. The first-order chi connectivity index (χ1) is 14.5. The Morgan fingerprint density at radius 2 is 2.23 bits per heavy atom. The molecule has 8 nitrogen and oxygen atoms in total. The Labute approximate surface area is 178 Å². The lowest BCUT2D eigenvalue weighted by atomic mass is 10.2. The van der Waals surface area contributed by atoms with Gasteiger partial charge in [0.25, 0.3) is 0 Å². The highest BCUT2D eigenvalue weighted by Crippen LogP contribution is 2.25. The number of oxime groups is 1. The van der Waals surface area contributed by atoms with Crippen molar-refractivity contribution in [3.05, 3.63) is 46.9 Å². The molecule has 2 aromatic heterocycles. The molecule has 1 fully saturated rings. The maximum Gasteiger partial charge on any atom is 0.202 e. The van der Waals surface area contributed by atoms with E-state index in [1.807, 2.05) is 0 Å². The first-order valence-electron chi connectivity index (χ1n) is 9.78. The van der Waals surface area contributed by atoms with Crippen LogP contribution in [0.3, 0.4) is 0 Å². The summed E-state index contributed by atoms with van der Waals surface area (Å²) in [6.07, 6.45) is 5.18. The van der Waals surface area contributed by atoms with Gasteiger partial charge in [0.15, 0.2) is 11.5 Å². The minimum absolute atomic E-state index is 0.0301. The molecule has 158 valence electrons. The maximum absolute atomic E-state index is 13.4. The molecule has 0 bridgehead atoms. The number of anilines is 2. The van der Waals surface area contributed by atoms with Crippen LogP contribution in [0.15, 0.2) is 35.6 Å². The van der Waals surface area contributed by atoms with Crippen molar-refractivity contribution in [1.29, 1.82) is 0 Å². The van der Waals surface area contributed by atoms with Gasteiger partial charge in [0, 0.05) is 30.0 Å². The van der Waals surface area contributed by atoms with Crippen LogP contribution in [0, 0.1) is 5.82 Å². The molecule has 0 radical (unpaired) electrons. The number of nitrogens with zero attached hydrogens (tertiary/aromatic N) is 4. The van der Waals surface area contributed by atoms with Crippen LogP contribution in [0.2, 0.25) is 5.02 Å². The molecule has 4 N–H and O–H groups in total. The average molecular weight is 432 g/mol. The van der Waals surface area contributed by atoms with Crippen molar-refractivity contribution in [2.75, 3.05) is 30.8 Å². The molecule has 1 aromatic carbocycles. The van der Waals surface area contributed by atoms with Crippen LogP contribution in [-0.4, -0.2) is 57.1 Å². The summed E-state index contributed by atoms with van der Waals surface area (Å²) in [5.41, 5.74) is 2.16. The fraction of sp³-hybridized carbons (Fsp3) is 0.350. The summed E-state index contributed by atoms with van der Waals surface area (Å²) in [5.74, 6) is 0.232. The normalized spacial score (nSPS) is 14.5. The number of amidine groups is 1. The van der Waals surface area contributed by atoms with Gasteiger partial charge in [0.05, 0.1) is 10.5 Å². The zero-order valence-electron chi connectivity index (χ0n) is 16.5. The molecule has 0 aliphatic heterocycles. The minimum atomic E-state index is -0.524. The number of hydrogen-bond acceptors (Lipinski definition) is 6. The number of fused-ring (bicyclic) bond motifs is 1. The van der Waals surface area contributed by atoms with E-state index >= 15 is 0 Å². The second-order valence-corrected chi connectivity index (χ2v) is 7.74. The Bertz CT molecular complexity index is 1070. The second-order valence-electron chi connectivity index (χ2n) is 7.34. The molecule has 0 unspecified atom stereocenters. The van der Waals surface area contributed by atoms with E-state index in [-0.39, 0.29) is 10.9 Å². The van der Waals surface area contributed by atoms with Gasteiger partial charge in [0.2, 0.25) is 5.95 Å². The summed E-state index contributed by atoms with van der Waals surface area (Å²) in [6.45, 7) is 1.81. The molecule has 2 heterocycles. The standard InChI is InChI=1S/C20H23ClFN7O/c1-29(13-4-5-13)10-2-8-24-20-26-17-14(7-9-23-19(17)27-20)18(28-30)25-12-3-6-16(22)15(21)11-12/h3,6-7,9,11,13,30H,2,4-5,8,10H2,1H3,(H,25,28)(H2,23,24,26,27). The summed E-state index contributed by atoms with van der Waals surface area (Å²) < 4.78 is 13.4. The Morgan fingerprint density at radius 3 is 2.97 bits per heavy atom. The number of halogens is 2. The largest absolute Gasteiger partial charge is 0.409 e. The lowest BCUT2D eigenvalue weighted by molar-refractivity contribution is 0.319. The Kier molecular flexibility index (Phi) is 6.01. The van der Waals surface area contributed by atoms with Crippen molar-refractivity contribution in [2.24, 2.45) is 5.16 Å². The monoisotopic (exact) mass is 431 g/mol. The Hall–Kier alpha value is -2.91. The predicted octanol–water partition coefficient (Wildman–Crippen LogP) is 3.89. The number of rotatable bonds is 8. The highest BCUT2D eigenvalue weighted by Gasteiger charge is 2.25. The summed E-state index contributed by atoms with van der Waals surface area (Å²) in [5, 5.41) is 19.1. The molecule has 1 aliphatic rings. The van der Waals surface area contributed by atoms with Gasteiger partial charge in [-0.05, 0) is 57.1 Å². The van der Waals surface area contributed by atoms with E-state index in [0.717, 1.165) is 25.6 Å². The zero-order valence-corrected chi connectivity index (χ0v) is 17.2. The molecule has 0 atom stereocenters. The minimum Gasteiger partial charge on any atom is -0.409 e. The van der Waals surface area contributed by atoms with Crippen molar-refractivity contribution in [3.8, 4) is 0 Å². The van der Waals surface area contributed by atoms with E-state index in [9.17, 15) is 9.60 Å². The summed E-state index contributed by atoms with van der Waals surface area (Å²) >= 11 is 5.83. The van der Waals surface area contributed by atoms with E-state index < -0.39 is 5.82 Å². The molecule has 1 saturated carbocycles. The number of aromatic amines is 1. The highest BCUT2D eigenvalue weighted by molar-refractivity contribution is 6.31. The number of aromatic nitrogens is 3. The van der Waals surface area contributed by atoms with E-state index in [1.165, 1.54) is 31.0 Å². The Balaban J connectivity index is 1.46. The fourth-order valence-corrected chi connectivity index (χ4v) is 3.46. The van der Waals surface area contributed by atoms with Crippen LogP contribution < -0.4 is 10.6 Å². The van der Waals surface area contributed by atoms with Gasteiger partial charge in [-0.15, -0.1) is 0 Å². The molecule has 10 heteroatoms. The smallest absolute Gasteiger partial charge is 0.202 e. The van der Waals surface area contributed by atoms with Gasteiger partial charge in [0.1, 0.15) is 5.82 Å². The van der Waals surface area contributed by atoms with Crippen LogP contribution in [0.25, 0.3) is 11.2 Å². The number of hydrogen-bond donors (Lipinski definition) is 4. The number of H-pyrrole nitrogens is 1. The summed E-state index contributed by atoms with van der Waals surface area (Å²) in [4.78, 5) is 14.3. The van der Waals surface area contributed by atoms with Crippen molar-refractivity contribution >= 4 is 40.2 Å². The topological polar surface area (TPSA) is 101 Å². The van der Waals surface area contributed by atoms with Gasteiger partial charge in [-0.2, -0.15) is 4.98 Å². The van der Waals surface area contributed by atoms with Crippen LogP contribution >= 0.6 is 11.6 Å². The lowest BCUT2D eigenvalue weighted by Crippen LogP contribution is -2.23. The van der Waals surface area contributed by atoms with Gasteiger partial charge in [-0.25, -0.2) is 9.37 Å². The number of benzene rings is 1. The van der Waals surface area contributed by atoms with Crippen LogP contribution in [0.5, 0.6) is 0 Å². The molecule has 0 spiro atoms. The van der Waals surface area contributed by atoms with E-state index in [1.54, 1.807) is 12.3 Å². The van der Waals surface area contributed by atoms with Crippen LogP contribution in [0.4, 0.5) is 16.0 Å². The number of pyridine rings is 1. The van der Waals surface area contributed by atoms with Crippen molar-refractivity contribution in [2.45, 2.75) is 25.3 Å². The van der Waals surface area contributed by atoms with Crippen molar-refractivity contribution in [3.63, 3.8) is 0 Å². The van der Waals surface area contributed by atoms with Crippen molar-refractivity contribution < 1.29 is 9.60 Å². The SMILES string of the molecule is CN(CCCNc1nc2nccc(/C(=N/O)Nc3ccc(F)c(Cl)c3)c2[nH]1)C1CC1. The van der Waals surface area contributed by atoms with Gasteiger partial charge >= 0.3 is 0 Å². The predicted molar refractivity (Wildman–Crippen MR) is 116 cm³/mol. The van der Waals surface area contributed by atoms with Gasteiger partial charge < -0.3 is 25.7 Å². The third kappa shape index (κ3) is 4.63.